The Morgan fingerprint density at radius 3 is 2.20 bits per heavy atom. The number of pyridine rings is 1. The number of benzene rings is 2. The molecule has 1 saturated heterocycles. The molecular formula is C36H40N6O3. The average Bonchev–Trinajstić information content (AvgIpc) is 3.51. The lowest BCUT2D eigenvalue weighted by Gasteiger charge is -2.21. The van der Waals surface area contributed by atoms with E-state index in [0.29, 0.717) is 11.3 Å². The highest BCUT2D eigenvalue weighted by atomic mass is 16.5. The summed E-state index contributed by atoms with van der Waals surface area (Å²) in [4.78, 5) is 31.8. The maximum atomic E-state index is 10.8. The van der Waals surface area contributed by atoms with Gasteiger partial charge >= 0.3 is 0 Å². The molecule has 0 unspecified atom stereocenters. The van der Waals surface area contributed by atoms with Crippen LogP contribution in [0.1, 0.15) is 51.4 Å². The maximum absolute atomic E-state index is 10.8. The fourth-order valence-corrected chi connectivity index (χ4v) is 4.02. The summed E-state index contributed by atoms with van der Waals surface area (Å²) in [6.45, 7) is 9.99. The average molecular weight is 605 g/mol. The number of fused-ring (bicyclic) bond motifs is 1. The van der Waals surface area contributed by atoms with E-state index in [1.54, 1.807) is 35.1 Å². The van der Waals surface area contributed by atoms with Gasteiger partial charge < -0.3 is 15.0 Å². The van der Waals surface area contributed by atoms with Gasteiger partial charge in [-0.05, 0) is 50.2 Å². The molecule has 4 heterocycles. The van der Waals surface area contributed by atoms with E-state index in [-0.39, 0.29) is 0 Å². The zero-order valence-corrected chi connectivity index (χ0v) is 26.5. The number of hydrogen-bond acceptors (Lipinski definition) is 8. The van der Waals surface area contributed by atoms with E-state index >= 15 is 0 Å². The monoisotopic (exact) mass is 604 g/mol. The number of morpholine rings is 1. The Morgan fingerprint density at radius 2 is 1.60 bits per heavy atom. The van der Waals surface area contributed by atoms with Gasteiger partial charge in [-0.15, -0.1) is 0 Å². The van der Waals surface area contributed by atoms with Crippen molar-refractivity contribution < 1.29 is 14.3 Å². The van der Waals surface area contributed by atoms with Gasteiger partial charge in [0.15, 0.2) is 5.65 Å². The first-order chi connectivity index (χ1) is 22.0. The smallest absolute Gasteiger partial charge is 0.154 e. The summed E-state index contributed by atoms with van der Waals surface area (Å²) in [5.74, 6) is 7.00. The van der Waals surface area contributed by atoms with Gasteiger partial charge in [0.25, 0.3) is 0 Å². The first kappa shape index (κ1) is 34.3. The van der Waals surface area contributed by atoms with Gasteiger partial charge in [-0.3, -0.25) is 9.59 Å². The first-order valence-corrected chi connectivity index (χ1v) is 14.8. The number of carbonyl (C=O) groups excluding carboxylic acids is 2. The SMILES string of the molecule is CC.CN1CCOCC1.CNc1cc(C#Cc2cnc3ccc(-c4ccc(C=O)cc4)nn23)ccn1.Cc1cccc(C=O)c1. The van der Waals surface area contributed by atoms with Gasteiger partial charge in [-0.2, -0.15) is 5.10 Å². The van der Waals surface area contributed by atoms with E-state index in [0.717, 1.165) is 78.3 Å². The largest absolute Gasteiger partial charge is 0.379 e. The molecule has 2 aromatic carbocycles. The van der Waals surface area contributed by atoms with E-state index in [2.05, 4.69) is 44.2 Å². The molecule has 232 valence electrons. The quantitative estimate of drug-likeness (QED) is 0.202. The van der Waals surface area contributed by atoms with E-state index in [4.69, 9.17) is 4.74 Å². The van der Waals surface area contributed by atoms with Crippen molar-refractivity contribution >= 4 is 24.0 Å². The fourth-order valence-electron chi connectivity index (χ4n) is 4.02. The molecule has 0 radical (unpaired) electrons. The molecule has 0 aliphatic carbocycles. The fraction of sp³-hybridized carbons (Fsp3) is 0.250. The molecule has 9 heteroatoms. The molecule has 0 saturated carbocycles. The minimum Gasteiger partial charge on any atom is -0.379 e. The molecule has 1 aliphatic heterocycles. The minimum absolute atomic E-state index is 0.632. The molecule has 0 amide bonds. The van der Waals surface area contributed by atoms with Crippen LogP contribution >= 0.6 is 0 Å². The van der Waals surface area contributed by atoms with Crippen molar-refractivity contribution in [1.29, 1.82) is 0 Å². The lowest BCUT2D eigenvalue weighted by atomic mass is 10.1. The Labute approximate surface area is 265 Å². The molecule has 0 bridgehead atoms. The van der Waals surface area contributed by atoms with Crippen molar-refractivity contribution in [2.75, 3.05) is 45.7 Å². The van der Waals surface area contributed by atoms with Crippen LogP contribution in [-0.4, -0.2) is 77.5 Å². The second-order valence-electron chi connectivity index (χ2n) is 9.75. The summed E-state index contributed by atoms with van der Waals surface area (Å²) in [6, 6.07) is 22.3. The Hall–Kier alpha value is -5.17. The topological polar surface area (TPSA) is 102 Å². The van der Waals surface area contributed by atoms with Crippen molar-refractivity contribution in [2.45, 2.75) is 20.8 Å². The number of carbonyl (C=O) groups is 2. The lowest BCUT2D eigenvalue weighted by molar-refractivity contribution is 0.0503. The molecule has 5 aromatic rings. The highest BCUT2D eigenvalue weighted by molar-refractivity contribution is 5.76. The predicted octanol–water partition coefficient (Wildman–Crippen LogP) is 5.83. The van der Waals surface area contributed by atoms with Gasteiger partial charge in [0.2, 0.25) is 0 Å². The number of likely N-dealkylation sites (N-methyl/N-ethyl adjacent to an activating group) is 1. The van der Waals surface area contributed by atoms with E-state index in [1.807, 2.05) is 82.4 Å². The number of ether oxygens (including phenoxy) is 1. The normalized spacial score (nSPS) is 12.0. The zero-order chi connectivity index (χ0) is 32.4. The zero-order valence-electron chi connectivity index (χ0n) is 26.5. The molecule has 45 heavy (non-hydrogen) atoms. The number of aldehydes is 2. The number of hydrogen-bond donors (Lipinski definition) is 1. The number of aryl methyl sites for hydroxylation is 1. The van der Waals surface area contributed by atoms with Crippen molar-refractivity contribution in [1.82, 2.24) is 24.5 Å². The van der Waals surface area contributed by atoms with Crippen LogP contribution in [0.15, 0.2) is 85.2 Å². The van der Waals surface area contributed by atoms with Crippen molar-refractivity contribution in [3.8, 4) is 23.1 Å². The number of nitrogens with one attached hydrogen (secondary N) is 1. The number of anilines is 1. The van der Waals surface area contributed by atoms with Crippen LogP contribution < -0.4 is 5.32 Å². The Morgan fingerprint density at radius 1 is 0.867 bits per heavy atom. The first-order valence-electron chi connectivity index (χ1n) is 14.8. The third-order valence-electron chi connectivity index (χ3n) is 6.47. The summed E-state index contributed by atoms with van der Waals surface area (Å²) >= 11 is 0. The molecule has 9 nitrogen and oxygen atoms in total. The number of nitrogens with zero attached hydrogens (tertiary/aromatic N) is 5. The second kappa shape index (κ2) is 18.5. The number of rotatable bonds is 4. The highest BCUT2D eigenvalue weighted by Crippen LogP contribution is 2.18. The molecule has 1 N–H and O–H groups in total. The lowest BCUT2D eigenvalue weighted by Crippen LogP contribution is -2.32. The van der Waals surface area contributed by atoms with Crippen molar-refractivity contribution in [2.24, 2.45) is 0 Å². The Kier molecular flexibility index (Phi) is 14.1. The molecule has 6 rings (SSSR count). The van der Waals surface area contributed by atoms with Crippen molar-refractivity contribution in [3.05, 3.63) is 113 Å². The summed E-state index contributed by atoms with van der Waals surface area (Å²) in [5, 5.41) is 7.64. The summed E-state index contributed by atoms with van der Waals surface area (Å²) in [7, 11) is 3.93. The minimum atomic E-state index is 0.632. The van der Waals surface area contributed by atoms with E-state index < -0.39 is 0 Å². The van der Waals surface area contributed by atoms with Crippen LogP contribution in [0.25, 0.3) is 16.9 Å². The number of imidazole rings is 1. The van der Waals surface area contributed by atoms with Gasteiger partial charge in [0.05, 0.1) is 25.1 Å². The molecule has 1 aliphatic rings. The van der Waals surface area contributed by atoms with Crippen LogP contribution in [-0.2, 0) is 4.74 Å². The molecular weight excluding hydrogens is 564 g/mol. The Balaban J connectivity index is 0.000000250. The van der Waals surface area contributed by atoms with Crippen LogP contribution in [0.2, 0.25) is 0 Å². The van der Waals surface area contributed by atoms with Gasteiger partial charge in [0.1, 0.15) is 24.1 Å². The van der Waals surface area contributed by atoms with Gasteiger partial charge in [-0.1, -0.05) is 67.8 Å². The molecule has 1 fully saturated rings. The highest BCUT2D eigenvalue weighted by Gasteiger charge is 2.06. The summed E-state index contributed by atoms with van der Waals surface area (Å²) < 4.78 is 6.82. The molecule has 0 atom stereocenters. The predicted molar refractivity (Wildman–Crippen MR) is 180 cm³/mol. The second-order valence-corrected chi connectivity index (χ2v) is 9.75. The van der Waals surface area contributed by atoms with Crippen LogP contribution in [0.3, 0.4) is 0 Å². The van der Waals surface area contributed by atoms with Crippen molar-refractivity contribution in [3.63, 3.8) is 0 Å². The van der Waals surface area contributed by atoms with E-state index in [1.165, 1.54) is 0 Å². The van der Waals surface area contributed by atoms with E-state index in [9.17, 15) is 9.59 Å². The van der Waals surface area contributed by atoms with Gasteiger partial charge in [-0.25, -0.2) is 14.5 Å². The third kappa shape index (κ3) is 10.8. The van der Waals surface area contributed by atoms with Gasteiger partial charge in [0, 0.05) is 48.6 Å². The molecule has 0 spiro atoms. The molecule has 3 aromatic heterocycles. The van der Waals surface area contributed by atoms with Crippen LogP contribution in [0.4, 0.5) is 5.82 Å². The maximum Gasteiger partial charge on any atom is 0.154 e. The Bertz CT molecular complexity index is 1710. The van der Waals surface area contributed by atoms with Crippen LogP contribution in [0.5, 0.6) is 0 Å². The third-order valence-corrected chi connectivity index (χ3v) is 6.47. The summed E-state index contributed by atoms with van der Waals surface area (Å²) in [5.41, 5.74) is 6.47. The number of aromatic nitrogens is 4. The standard InChI is InChI=1S/C21H15N5O.C8H8O.C5H11NO.C2H6/c1-22-20-12-15(10-11-23-20)4-7-18-13-24-21-9-8-19(25-26(18)21)17-5-2-16(14-27)3-6-17;1-7-3-2-4-8(5-7)6-9;1-6-2-4-7-5-3-6;1-2/h2-3,5-6,8-14H,1H3,(H,22,23);2-6H,1H3;2-5H2,1H3;1-2H3. The summed E-state index contributed by atoms with van der Waals surface area (Å²) in [6.07, 6.45) is 5.09. The van der Waals surface area contributed by atoms with Crippen LogP contribution in [0, 0.1) is 18.8 Å².